The average Bonchev–Trinajstić information content (AvgIpc) is 3.20. The highest BCUT2D eigenvalue weighted by Crippen LogP contribution is 2.34. The van der Waals surface area contributed by atoms with Crippen molar-refractivity contribution in [2.45, 2.75) is 26.8 Å². The second-order valence-electron chi connectivity index (χ2n) is 8.19. The summed E-state index contributed by atoms with van der Waals surface area (Å²) >= 11 is 0. The van der Waals surface area contributed by atoms with E-state index < -0.39 is 5.82 Å². The first kappa shape index (κ1) is 22.4. The van der Waals surface area contributed by atoms with Gasteiger partial charge in [-0.2, -0.15) is 15.0 Å². The lowest BCUT2D eigenvalue weighted by Gasteiger charge is -2.39. The van der Waals surface area contributed by atoms with Crippen LogP contribution < -0.4 is 0 Å². The van der Waals surface area contributed by atoms with Crippen LogP contribution in [-0.2, 0) is 0 Å². The highest BCUT2D eigenvalue weighted by molar-refractivity contribution is 5.94. The van der Waals surface area contributed by atoms with E-state index in [4.69, 9.17) is 5.26 Å². The van der Waals surface area contributed by atoms with Crippen LogP contribution in [0.1, 0.15) is 35.3 Å². The minimum Gasteiger partial charge on any atom is -0.493 e. The molecule has 4 rings (SSSR count). The number of pyridine rings is 1. The maximum atomic E-state index is 14.1. The van der Waals surface area contributed by atoms with E-state index in [0.29, 0.717) is 47.2 Å². The summed E-state index contributed by atoms with van der Waals surface area (Å²) < 4.78 is 15.4. The van der Waals surface area contributed by atoms with Gasteiger partial charge in [0.25, 0.3) is 5.91 Å². The minimum atomic E-state index is -0.666. The number of benzene rings is 1. The molecule has 1 aliphatic rings. The van der Waals surface area contributed by atoms with Gasteiger partial charge in [-0.1, -0.05) is 6.92 Å². The number of hydrogen-bond acceptors (Lipinski definition) is 6. The fourth-order valence-corrected chi connectivity index (χ4v) is 4.23. The van der Waals surface area contributed by atoms with Crippen molar-refractivity contribution in [3.8, 4) is 28.9 Å². The molecule has 1 unspecified atom stereocenters. The molecule has 3 heterocycles. The predicted octanol–water partition coefficient (Wildman–Crippen LogP) is 3.13. The normalized spacial score (nSPS) is 16.6. The first-order chi connectivity index (χ1) is 15.8. The maximum absolute atomic E-state index is 14.1. The molecular formula is C24H25FN6O2. The topological polar surface area (TPSA) is 98.3 Å². The molecule has 0 bridgehead atoms. The third-order valence-corrected chi connectivity index (χ3v) is 6.14. The lowest BCUT2D eigenvalue weighted by atomic mass is 10.0. The second kappa shape index (κ2) is 9.00. The maximum Gasteiger partial charge on any atom is 0.255 e. The molecule has 1 N–H and O–H groups in total. The van der Waals surface area contributed by atoms with Crippen molar-refractivity contribution < 1.29 is 14.3 Å². The van der Waals surface area contributed by atoms with E-state index >= 15 is 0 Å². The largest absolute Gasteiger partial charge is 0.493 e. The van der Waals surface area contributed by atoms with E-state index in [-0.39, 0.29) is 17.4 Å². The first-order valence-electron chi connectivity index (χ1n) is 10.8. The van der Waals surface area contributed by atoms with Gasteiger partial charge in [-0.05, 0) is 55.8 Å². The number of piperazine rings is 1. The van der Waals surface area contributed by atoms with Gasteiger partial charge in [-0.25, -0.2) is 9.37 Å². The quantitative estimate of drug-likeness (QED) is 0.659. The molecule has 1 saturated heterocycles. The lowest BCUT2D eigenvalue weighted by Crippen LogP contribution is -2.53. The molecule has 9 heteroatoms. The van der Waals surface area contributed by atoms with Gasteiger partial charge in [-0.3, -0.25) is 9.69 Å². The smallest absolute Gasteiger partial charge is 0.255 e. The van der Waals surface area contributed by atoms with Crippen LogP contribution in [0.3, 0.4) is 0 Å². The number of rotatable bonds is 4. The van der Waals surface area contributed by atoms with E-state index in [2.05, 4.69) is 28.8 Å². The molecule has 8 nitrogen and oxygen atoms in total. The molecule has 0 radical (unpaired) electrons. The number of carbonyl (C=O) groups excluding carboxylic acids is 1. The summed E-state index contributed by atoms with van der Waals surface area (Å²) in [6.45, 7) is 9.10. The summed E-state index contributed by atoms with van der Waals surface area (Å²) in [4.78, 5) is 21.4. The third kappa shape index (κ3) is 4.17. The molecule has 1 fully saturated rings. The number of aryl methyl sites for hydroxylation is 1. The Kier molecular flexibility index (Phi) is 6.11. The summed E-state index contributed by atoms with van der Waals surface area (Å²) in [6.07, 6.45) is 2.89. The van der Waals surface area contributed by atoms with Crippen LogP contribution >= 0.6 is 0 Å². The molecule has 1 amide bonds. The van der Waals surface area contributed by atoms with Crippen LogP contribution in [0.2, 0.25) is 0 Å². The van der Waals surface area contributed by atoms with Gasteiger partial charge in [0.2, 0.25) is 5.88 Å². The zero-order valence-corrected chi connectivity index (χ0v) is 18.8. The molecule has 33 heavy (non-hydrogen) atoms. The Balaban J connectivity index is 1.56. The van der Waals surface area contributed by atoms with Crippen molar-refractivity contribution in [3.05, 3.63) is 59.2 Å². The van der Waals surface area contributed by atoms with Crippen molar-refractivity contribution in [2.75, 3.05) is 26.2 Å². The monoisotopic (exact) mass is 448 g/mol. The number of carbonyl (C=O) groups is 1. The van der Waals surface area contributed by atoms with Gasteiger partial charge < -0.3 is 10.0 Å². The van der Waals surface area contributed by atoms with E-state index in [0.717, 1.165) is 13.1 Å². The molecule has 1 atom stereocenters. The van der Waals surface area contributed by atoms with E-state index in [1.54, 1.807) is 25.1 Å². The molecule has 1 aliphatic heterocycles. The Hall–Kier alpha value is -3.77. The van der Waals surface area contributed by atoms with Crippen LogP contribution in [0.4, 0.5) is 4.39 Å². The first-order valence-corrected chi connectivity index (χ1v) is 10.8. The molecule has 2 aromatic heterocycles. The highest BCUT2D eigenvalue weighted by Gasteiger charge is 2.26. The second-order valence-corrected chi connectivity index (χ2v) is 8.19. The average molecular weight is 449 g/mol. The van der Waals surface area contributed by atoms with Crippen LogP contribution in [0.15, 0.2) is 36.7 Å². The fraction of sp³-hybridized carbons (Fsp3) is 0.333. The molecule has 1 aromatic carbocycles. The van der Waals surface area contributed by atoms with E-state index in [1.807, 2.05) is 4.90 Å². The van der Waals surface area contributed by atoms with Crippen molar-refractivity contribution in [3.63, 3.8) is 0 Å². The molecule has 170 valence electrons. The third-order valence-electron chi connectivity index (χ3n) is 6.14. The summed E-state index contributed by atoms with van der Waals surface area (Å²) in [7, 11) is 0. The lowest BCUT2D eigenvalue weighted by molar-refractivity contribution is 0.0528. The Bertz CT molecular complexity index is 1230. The number of hydrogen-bond donors (Lipinski definition) is 1. The Morgan fingerprint density at radius 1 is 1.27 bits per heavy atom. The van der Waals surface area contributed by atoms with Gasteiger partial charge in [-0.15, -0.1) is 0 Å². The Morgan fingerprint density at radius 3 is 2.70 bits per heavy atom. The summed E-state index contributed by atoms with van der Waals surface area (Å²) in [5.74, 6) is -0.629. The van der Waals surface area contributed by atoms with Crippen molar-refractivity contribution in [2.24, 2.45) is 0 Å². The highest BCUT2D eigenvalue weighted by atomic mass is 19.1. The number of amides is 1. The fourth-order valence-electron chi connectivity index (χ4n) is 4.23. The van der Waals surface area contributed by atoms with E-state index in [9.17, 15) is 14.3 Å². The van der Waals surface area contributed by atoms with Crippen molar-refractivity contribution in [1.82, 2.24) is 24.6 Å². The van der Waals surface area contributed by atoms with Crippen molar-refractivity contribution in [1.29, 1.82) is 5.26 Å². The van der Waals surface area contributed by atoms with Gasteiger partial charge in [0.15, 0.2) is 5.82 Å². The van der Waals surface area contributed by atoms with Gasteiger partial charge in [0.05, 0.1) is 22.9 Å². The zero-order valence-electron chi connectivity index (χ0n) is 18.8. The number of likely N-dealkylation sites (N-methyl/N-ethyl adjacent to an activating group) is 1. The van der Waals surface area contributed by atoms with Crippen molar-refractivity contribution >= 4 is 5.91 Å². The van der Waals surface area contributed by atoms with E-state index in [1.165, 1.54) is 29.2 Å². The number of aromatic hydroxyl groups is 1. The SMILES string of the molecule is CCN1CCN(C(=O)c2ccc(-n3ncc(-c4cc(F)c(C#N)cc4C)c3O)nc2)CC1C. The summed E-state index contributed by atoms with van der Waals surface area (Å²) in [5, 5.41) is 23.9. The van der Waals surface area contributed by atoms with Gasteiger partial charge in [0, 0.05) is 31.9 Å². The number of aromatic nitrogens is 3. The molecular weight excluding hydrogens is 423 g/mol. The van der Waals surface area contributed by atoms with Crippen LogP contribution in [-0.4, -0.2) is 67.8 Å². The predicted molar refractivity (Wildman–Crippen MR) is 120 cm³/mol. The van der Waals surface area contributed by atoms with Gasteiger partial charge in [0.1, 0.15) is 11.9 Å². The van der Waals surface area contributed by atoms with Crippen LogP contribution in [0.5, 0.6) is 5.88 Å². The summed E-state index contributed by atoms with van der Waals surface area (Å²) in [5.41, 5.74) is 1.79. The standard InChI is InChI=1S/C24H25FN6O2/c1-4-29-7-8-30(14-16(29)3)23(32)17-5-6-22(27-12-17)31-24(33)20(13-28-31)19-10-21(25)18(11-26)9-15(19)2/h5-6,9-10,12-13,16,33H,4,7-8,14H2,1-3H3. The summed E-state index contributed by atoms with van der Waals surface area (Å²) in [6, 6.07) is 8.02. The molecule has 0 aliphatic carbocycles. The Morgan fingerprint density at radius 2 is 2.06 bits per heavy atom. The zero-order chi connectivity index (χ0) is 23.7. The Labute approximate surface area is 191 Å². The number of halogens is 1. The minimum absolute atomic E-state index is 0.0597. The molecule has 0 spiro atoms. The molecule has 0 saturated carbocycles. The molecule has 3 aromatic rings. The van der Waals surface area contributed by atoms with Crippen LogP contribution in [0, 0.1) is 24.1 Å². The number of nitriles is 1. The van der Waals surface area contributed by atoms with Gasteiger partial charge >= 0.3 is 0 Å². The van der Waals surface area contributed by atoms with Crippen LogP contribution in [0.25, 0.3) is 16.9 Å². The number of nitrogens with zero attached hydrogens (tertiary/aromatic N) is 6.